The van der Waals surface area contributed by atoms with Gasteiger partial charge in [0.15, 0.2) is 18.3 Å². The Kier molecular flexibility index (Phi) is 4.77. The normalized spacial score (nSPS) is 15.6. The van der Waals surface area contributed by atoms with Crippen molar-refractivity contribution in [2.24, 2.45) is 0 Å². The molecule has 1 aromatic heterocycles. The summed E-state index contributed by atoms with van der Waals surface area (Å²) in [6.07, 6.45) is 4.59. The molecule has 140 valence electrons. The van der Waals surface area contributed by atoms with Gasteiger partial charge < -0.3 is 15.0 Å². The second kappa shape index (κ2) is 7.36. The van der Waals surface area contributed by atoms with E-state index in [4.69, 9.17) is 4.74 Å². The molecule has 2 aliphatic heterocycles. The van der Waals surface area contributed by atoms with Crippen molar-refractivity contribution in [3.05, 3.63) is 47.2 Å². The van der Waals surface area contributed by atoms with Crippen LogP contribution in [0, 0.1) is 0 Å². The standard InChI is InChI=1S/C20H22N4O3/c1-21-10-15-8-17(5-4-14(15)12-25)24-13-27-18-9-16(11-22-19(18)24)20(26)23-6-2-3-7-23/h4-5,8-9,11-12,21H,2-3,6-7,10,13H2,1H3. The molecule has 0 saturated carbocycles. The van der Waals surface area contributed by atoms with E-state index in [1.165, 1.54) is 0 Å². The third-order valence-electron chi connectivity index (χ3n) is 5.01. The molecule has 1 aromatic carbocycles. The van der Waals surface area contributed by atoms with E-state index in [1.54, 1.807) is 18.3 Å². The monoisotopic (exact) mass is 366 g/mol. The van der Waals surface area contributed by atoms with Crippen molar-refractivity contribution in [2.45, 2.75) is 19.4 Å². The molecular formula is C20H22N4O3. The molecule has 7 heteroatoms. The van der Waals surface area contributed by atoms with Gasteiger partial charge in [0.25, 0.3) is 5.91 Å². The quantitative estimate of drug-likeness (QED) is 0.819. The van der Waals surface area contributed by atoms with E-state index >= 15 is 0 Å². The number of benzene rings is 1. The van der Waals surface area contributed by atoms with Crippen molar-refractivity contribution >= 4 is 23.7 Å². The zero-order valence-corrected chi connectivity index (χ0v) is 15.3. The predicted molar refractivity (Wildman–Crippen MR) is 102 cm³/mol. The van der Waals surface area contributed by atoms with Gasteiger partial charge in [0.05, 0.1) is 5.56 Å². The van der Waals surface area contributed by atoms with Gasteiger partial charge in [-0.1, -0.05) is 0 Å². The van der Waals surface area contributed by atoms with E-state index in [2.05, 4.69) is 10.3 Å². The van der Waals surface area contributed by atoms with Gasteiger partial charge in [0.1, 0.15) is 6.29 Å². The Bertz CT molecular complexity index is 878. The van der Waals surface area contributed by atoms with Crippen LogP contribution >= 0.6 is 0 Å². The van der Waals surface area contributed by atoms with Crippen LogP contribution in [0.5, 0.6) is 5.75 Å². The van der Waals surface area contributed by atoms with Crippen LogP contribution < -0.4 is 15.0 Å². The van der Waals surface area contributed by atoms with Crippen LogP contribution in [0.15, 0.2) is 30.5 Å². The molecule has 0 bridgehead atoms. The van der Waals surface area contributed by atoms with Crippen molar-refractivity contribution in [3.63, 3.8) is 0 Å². The molecular weight excluding hydrogens is 344 g/mol. The molecule has 4 rings (SSSR count). The summed E-state index contributed by atoms with van der Waals surface area (Å²) in [5, 5.41) is 3.08. The van der Waals surface area contributed by atoms with Crippen LogP contribution in [0.1, 0.15) is 39.1 Å². The molecule has 0 radical (unpaired) electrons. The fourth-order valence-electron chi connectivity index (χ4n) is 3.58. The summed E-state index contributed by atoms with van der Waals surface area (Å²) in [4.78, 5) is 32.1. The first kappa shape index (κ1) is 17.5. The van der Waals surface area contributed by atoms with Gasteiger partial charge >= 0.3 is 0 Å². The molecule has 0 spiro atoms. The first-order chi connectivity index (χ1) is 13.2. The van der Waals surface area contributed by atoms with E-state index in [9.17, 15) is 9.59 Å². The number of anilines is 2. The number of nitrogens with one attached hydrogen (secondary N) is 1. The number of hydrogen-bond acceptors (Lipinski definition) is 6. The van der Waals surface area contributed by atoms with E-state index < -0.39 is 0 Å². The lowest BCUT2D eigenvalue weighted by atomic mass is 10.1. The van der Waals surface area contributed by atoms with Gasteiger partial charge in [0.2, 0.25) is 0 Å². The maximum atomic E-state index is 12.6. The zero-order chi connectivity index (χ0) is 18.8. The minimum Gasteiger partial charge on any atom is -0.469 e. The summed E-state index contributed by atoms with van der Waals surface area (Å²) in [7, 11) is 1.84. The first-order valence-electron chi connectivity index (χ1n) is 9.13. The van der Waals surface area contributed by atoms with Crippen molar-refractivity contribution in [3.8, 4) is 5.75 Å². The molecule has 1 fully saturated rings. The summed E-state index contributed by atoms with van der Waals surface area (Å²) in [5.74, 6) is 1.30. The molecule has 0 aliphatic carbocycles. The number of ether oxygens (including phenoxy) is 1. The average Bonchev–Trinajstić information content (AvgIpc) is 3.37. The minimum absolute atomic E-state index is 0.0106. The molecule has 1 N–H and O–H groups in total. The highest BCUT2D eigenvalue weighted by Gasteiger charge is 2.27. The third kappa shape index (κ3) is 3.26. The van der Waals surface area contributed by atoms with Gasteiger partial charge in [-0.15, -0.1) is 0 Å². The molecule has 1 saturated heterocycles. The van der Waals surface area contributed by atoms with Crippen LogP contribution in [0.2, 0.25) is 0 Å². The van der Waals surface area contributed by atoms with Gasteiger partial charge in [-0.2, -0.15) is 0 Å². The largest absolute Gasteiger partial charge is 0.469 e. The molecule has 1 amide bonds. The number of likely N-dealkylation sites (tertiary alicyclic amines) is 1. The Morgan fingerprint density at radius 1 is 1.30 bits per heavy atom. The van der Waals surface area contributed by atoms with Crippen LogP contribution in [-0.2, 0) is 6.54 Å². The second-order valence-corrected chi connectivity index (χ2v) is 6.78. The fourth-order valence-corrected chi connectivity index (χ4v) is 3.58. The number of fused-ring (bicyclic) bond motifs is 1. The number of rotatable bonds is 5. The van der Waals surface area contributed by atoms with Gasteiger partial charge in [0, 0.05) is 37.1 Å². The summed E-state index contributed by atoms with van der Waals surface area (Å²) < 4.78 is 5.78. The maximum absolute atomic E-state index is 12.6. The molecule has 2 aromatic rings. The Labute approximate surface area is 157 Å². The zero-order valence-electron chi connectivity index (χ0n) is 15.3. The number of aromatic nitrogens is 1. The van der Waals surface area contributed by atoms with Crippen LogP contribution in [-0.4, -0.2) is 48.9 Å². The summed E-state index contributed by atoms with van der Waals surface area (Å²) >= 11 is 0. The Hall–Kier alpha value is -2.93. The molecule has 0 unspecified atom stereocenters. The molecule has 3 heterocycles. The number of carbonyl (C=O) groups is 2. The molecule has 0 atom stereocenters. The summed E-state index contributed by atoms with van der Waals surface area (Å²) in [6.45, 7) is 2.53. The number of carbonyl (C=O) groups excluding carboxylic acids is 2. The number of pyridine rings is 1. The lowest BCUT2D eigenvalue weighted by Gasteiger charge is -2.18. The highest BCUT2D eigenvalue weighted by Crippen LogP contribution is 2.38. The highest BCUT2D eigenvalue weighted by molar-refractivity contribution is 5.95. The summed E-state index contributed by atoms with van der Waals surface area (Å²) in [5.41, 5.74) is 3.03. The lowest BCUT2D eigenvalue weighted by Crippen LogP contribution is -2.27. The second-order valence-electron chi connectivity index (χ2n) is 6.78. The van der Waals surface area contributed by atoms with E-state index in [1.807, 2.05) is 29.0 Å². The fraction of sp³-hybridized carbons (Fsp3) is 0.350. The molecule has 7 nitrogen and oxygen atoms in total. The van der Waals surface area contributed by atoms with E-state index in [-0.39, 0.29) is 5.91 Å². The SMILES string of the molecule is CNCc1cc(N2COc3cc(C(=O)N4CCCC4)cnc32)ccc1C=O. The Morgan fingerprint density at radius 3 is 2.85 bits per heavy atom. The minimum atomic E-state index is 0.0106. The Balaban J connectivity index is 1.61. The van der Waals surface area contributed by atoms with Gasteiger partial charge in [-0.25, -0.2) is 4.98 Å². The van der Waals surface area contributed by atoms with E-state index in [0.29, 0.717) is 36.0 Å². The summed E-state index contributed by atoms with van der Waals surface area (Å²) in [6, 6.07) is 7.42. The van der Waals surface area contributed by atoms with Crippen molar-refractivity contribution in [1.82, 2.24) is 15.2 Å². The maximum Gasteiger partial charge on any atom is 0.255 e. The number of amides is 1. The van der Waals surface area contributed by atoms with E-state index in [0.717, 1.165) is 43.5 Å². The highest BCUT2D eigenvalue weighted by atomic mass is 16.5. The van der Waals surface area contributed by atoms with Crippen LogP contribution in [0.25, 0.3) is 0 Å². The first-order valence-corrected chi connectivity index (χ1v) is 9.13. The van der Waals surface area contributed by atoms with Crippen molar-refractivity contribution in [2.75, 3.05) is 31.8 Å². The molecule has 2 aliphatic rings. The van der Waals surface area contributed by atoms with Crippen LogP contribution in [0.3, 0.4) is 0 Å². The smallest absolute Gasteiger partial charge is 0.255 e. The van der Waals surface area contributed by atoms with Gasteiger partial charge in [-0.3, -0.25) is 14.5 Å². The predicted octanol–water partition coefficient (Wildman–Crippen LogP) is 2.34. The lowest BCUT2D eigenvalue weighted by molar-refractivity contribution is 0.0792. The van der Waals surface area contributed by atoms with Crippen LogP contribution in [0.4, 0.5) is 11.5 Å². The third-order valence-corrected chi connectivity index (χ3v) is 5.01. The average molecular weight is 366 g/mol. The molecule has 27 heavy (non-hydrogen) atoms. The van der Waals surface area contributed by atoms with Gasteiger partial charge in [-0.05, 0) is 49.7 Å². The number of hydrogen-bond donors (Lipinski definition) is 1. The van der Waals surface area contributed by atoms with Crippen molar-refractivity contribution < 1.29 is 14.3 Å². The van der Waals surface area contributed by atoms with Crippen molar-refractivity contribution in [1.29, 1.82) is 0 Å². The topological polar surface area (TPSA) is 74.8 Å². The number of aldehydes is 1. The Morgan fingerprint density at radius 2 is 2.11 bits per heavy atom. The number of nitrogens with zero attached hydrogens (tertiary/aromatic N) is 3.